The summed E-state index contributed by atoms with van der Waals surface area (Å²) in [6, 6.07) is 4.08. The molecule has 0 spiro atoms. The maximum absolute atomic E-state index is 5.49. The van der Waals surface area contributed by atoms with Crippen molar-refractivity contribution in [2.24, 2.45) is 5.73 Å². The van der Waals surface area contributed by atoms with Gasteiger partial charge in [0, 0.05) is 0 Å². The van der Waals surface area contributed by atoms with Gasteiger partial charge in [-0.1, -0.05) is 0 Å². The summed E-state index contributed by atoms with van der Waals surface area (Å²) < 4.78 is 10.5. The van der Waals surface area contributed by atoms with Crippen molar-refractivity contribution in [3.05, 3.63) is 23.3 Å². The Labute approximate surface area is 97.6 Å². The molecule has 0 saturated heterocycles. The highest BCUT2D eigenvalue weighted by Gasteiger charge is 2.07. The number of unbranched alkanes of at least 4 members (excludes halogenated alkanes) is 1. The van der Waals surface area contributed by atoms with Gasteiger partial charge in [-0.05, 0) is 56.0 Å². The fraction of sp³-hybridized carbons (Fsp3) is 0.538. The quantitative estimate of drug-likeness (QED) is 0.753. The second kappa shape index (κ2) is 6.38. The minimum Gasteiger partial charge on any atom is -0.493 e. The molecule has 3 heteroatoms. The summed E-state index contributed by atoms with van der Waals surface area (Å²) in [6.45, 7) is 2.85. The monoisotopic (exact) mass is 223 g/mol. The SMILES string of the molecule is COc1cc(C)c(CCCCN)cc1OC. The zero-order valence-electron chi connectivity index (χ0n) is 10.4. The first kappa shape index (κ1) is 12.8. The number of methoxy groups -OCH3 is 2. The van der Waals surface area contributed by atoms with E-state index in [0.717, 1.165) is 37.3 Å². The van der Waals surface area contributed by atoms with Gasteiger partial charge in [-0.25, -0.2) is 0 Å². The van der Waals surface area contributed by atoms with Gasteiger partial charge in [-0.15, -0.1) is 0 Å². The maximum atomic E-state index is 5.49. The van der Waals surface area contributed by atoms with Crippen molar-refractivity contribution in [1.29, 1.82) is 0 Å². The Bertz CT molecular complexity index is 337. The van der Waals surface area contributed by atoms with Gasteiger partial charge in [-0.3, -0.25) is 0 Å². The first-order valence-electron chi connectivity index (χ1n) is 5.64. The van der Waals surface area contributed by atoms with Gasteiger partial charge in [0.2, 0.25) is 0 Å². The van der Waals surface area contributed by atoms with Crippen LogP contribution < -0.4 is 15.2 Å². The van der Waals surface area contributed by atoms with E-state index in [0.29, 0.717) is 0 Å². The van der Waals surface area contributed by atoms with Crippen molar-refractivity contribution in [3.8, 4) is 11.5 Å². The molecule has 0 aliphatic heterocycles. The Morgan fingerprint density at radius 3 is 2.25 bits per heavy atom. The van der Waals surface area contributed by atoms with Crippen molar-refractivity contribution in [2.45, 2.75) is 26.2 Å². The smallest absolute Gasteiger partial charge is 0.161 e. The maximum Gasteiger partial charge on any atom is 0.161 e. The molecule has 0 radical (unpaired) electrons. The number of nitrogens with two attached hydrogens (primary N) is 1. The standard InChI is InChI=1S/C13H21NO2/c1-10-8-12(15-2)13(16-3)9-11(10)6-4-5-7-14/h8-9H,4-7,14H2,1-3H3. The molecule has 0 atom stereocenters. The number of rotatable bonds is 6. The molecule has 0 aliphatic carbocycles. The van der Waals surface area contributed by atoms with E-state index >= 15 is 0 Å². The number of ether oxygens (including phenoxy) is 2. The molecule has 0 bridgehead atoms. The molecule has 0 heterocycles. The van der Waals surface area contributed by atoms with Gasteiger partial charge in [0.05, 0.1) is 14.2 Å². The molecule has 1 aromatic carbocycles. The summed E-state index contributed by atoms with van der Waals surface area (Å²) in [6.07, 6.45) is 3.23. The molecule has 0 aromatic heterocycles. The lowest BCUT2D eigenvalue weighted by Crippen LogP contribution is -2.00. The van der Waals surface area contributed by atoms with Gasteiger partial charge in [0.15, 0.2) is 11.5 Å². The van der Waals surface area contributed by atoms with Crippen LogP contribution in [0.25, 0.3) is 0 Å². The van der Waals surface area contributed by atoms with Gasteiger partial charge in [0.1, 0.15) is 0 Å². The average molecular weight is 223 g/mol. The largest absolute Gasteiger partial charge is 0.493 e. The molecular weight excluding hydrogens is 202 g/mol. The van der Waals surface area contributed by atoms with E-state index in [1.54, 1.807) is 14.2 Å². The highest BCUT2D eigenvalue weighted by Crippen LogP contribution is 2.30. The topological polar surface area (TPSA) is 44.5 Å². The van der Waals surface area contributed by atoms with Crippen LogP contribution in [0.2, 0.25) is 0 Å². The van der Waals surface area contributed by atoms with Crippen molar-refractivity contribution in [1.82, 2.24) is 0 Å². The fourth-order valence-electron chi connectivity index (χ4n) is 1.75. The Morgan fingerprint density at radius 2 is 1.69 bits per heavy atom. The molecule has 1 aromatic rings. The molecule has 0 saturated carbocycles. The third-order valence-electron chi connectivity index (χ3n) is 2.74. The lowest BCUT2D eigenvalue weighted by Gasteiger charge is -2.12. The second-order valence-corrected chi connectivity index (χ2v) is 3.88. The molecule has 2 N–H and O–H groups in total. The highest BCUT2D eigenvalue weighted by atomic mass is 16.5. The molecule has 0 unspecified atom stereocenters. The number of hydrogen-bond acceptors (Lipinski definition) is 3. The Kier molecular flexibility index (Phi) is 5.12. The third kappa shape index (κ3) is 3.14. The van der Waals surface area contributed by atoms with Crippen LogP contribution in [0.15, 0.2) is 12.1 Å². The first-order chi connectivity index (χ1) is 7.72. The summed E-state index contributed by atoms with van der Waals surface area (Å²) in [5, 5.41) is 0. The normalized spacial score (nSPS) is 10.2. The van der Waals surface area contributed by atoms with E-state index < -0.39 is 0 Å². The molecule has 0 aliphatic rings. The summed E-state index contributed by atoms with van der Waals surface area (Å²) in [5.41, 5.74) is 8.04. The van der Waals surface area contributed by atoms with Crippen molar-refractivity contribution in [2.75, 3.05) is 20.8 Å². The van der Waals surface area contributed by atoms with Crippen LogP contribution in [0.1, 0.15) is 24.0 Å². The molecule has 1 rings (SSSR count). The molecule has 16 heavy (non-hydrogen) atoms. The van der Waals surface area contributed by atoms with Crippen LogP contribution in [0, 0.1) is 6.92 Å². The van der Waals surface area contributed by atoms with E-state index in [9.17, 15) is 0 Å². The van der Waals surface area contributed by atoms with E-state index in [2.05, 4.69) is 13.0 Å². The fourth-order valence-corrected chi connectivity index (χ4v) is 1.75. The average Bonchev–Trinajstić information content (AvgIpc) is 2.31. The molecular formula is C13H21NO2. The van der Waals surface area contributed by atoms with Crippen LogP contribution in [0.5, 0.6) is 11.5 Å². The second-order valence-electron chi connectivity index (χ2n) is 3.88. The molecule has 0 fully saturated rings. The summed E-state index contributed by atoms with van der Waals surface area (Å²) in [5.74, 6) is 1.60. The minimum atomic E-state index is 0.756. The van der Waals surface area contributed by atoms with Gasteiger partial charge < -0.3 is 15.2 Å². The molecule has 3 nitrogen and oxygen atoms in total. The highest BCUT2D eigenvalue weighted by molar-refractivity contribution is 5.47. The van der Waals surface area contributed by atoms with Crippen LogP contribution in [-0.4, -0.2) is 20.8 Å². The predicted octanol–water partition coefficient (Wildman–Crippen LogP) is 2.29. The summed E-state index contributed by atoms with van der Waals surface area (Å²) in [4.78, 5) is 0. The van der Waals surface area contributed by atoms with E-state index in [4.69, 9.17) is 15.2 Å². The molecule has 90 valence electrons. The summed E-state index contributed by atoms with van der Waals surface area (Å²) in [7, 11) is 3.32. The van der Waals surface area contributed by atoms with Gasteiger partial charge >= 0.3 is 0 Å². The number of hydrogen-bond donors (Lipinski definition) is 1. The van der Waals surface area contributed by atoms with Crippen molar-refractivity contribution in [3.63, 3.8) is 0 Å². The Hall–Kier alpha value is -1.22. The van der Waals surface area contributed by atoms with E-state index in [1.807, 2.05) is 6.07 Å². The van der Waals surface area contributed by atoms with Crippen molar-refractivity contribution < 1.29 is 9.47 Å². The predicted molar refractivity (Wildman–Crippen MR) is 66.3 cm³/mol. The lowest BCUT2D eigenvalue weighted by molar-refractivity contribution is 0.354. The summed E-state index contributed by atoms with van der Waals surface area (Å²) >= 11 is 0. The van der Waals surface area contributed by atoms with E-state index in [1.165, 1.54) is 11.1 Å². The lowest BCUT2D eigenvalue weighted by atomic mass is 10.0. The zero-order valence-corrected chi connectivity index (χ0v) is 10.4. The van der Waals surface area contributed by atoms with Crippen LogP contribution in [0.3, 0.4) is 0 Å². The molecule has 0 amide bonds. The van der Waals surface area contributed by atoms with E-state index in [-0.39, 0.29) is 0 Å². The zero-order chi connectivity index (χ0) is 12.0. The number of benzene rings is 1. The first-order valence-corrected chi connectivity index (χ1v) is 5.64. The number of aryl methyl sites for hydroxylation is 2. The van der Waals surface area contributed by atoms with Crippen LogP contribution in [0.4, 0.5) is 0 Å². The Morgan fingerprint density at radius 1 is 1.06 bits per heavy atom. The van der Waals surface area contributed by atoms with Gasteiger partial charge in [0.25, 0.3) is 0 Å². The van der Waals surface area contributed by atoms with Crippen LogP contribution >= 0.6 is 0 Å². The minimum absolute atomic E-state index is 0.756. The van der Waals surface area contributed by atoms with Crippen molar-refractivity contribution >= 4 is 0 Å². The third-order valence-corrected chi connectivity index (χ3v) is 2.74. The van der Waals surface area contributed by atoms with Crippen LogP contribution in [-0.2, 0) is 6.42 Å². The van der Waals surface area contributed by atoms with Gasteiger partial charge in [-0.2, -0.15) is 0 Å². The Balaban J connectivity index is 2.84.